The summed E-state index contributed by atoms with van der Waals surface area (Å²) in [5.41, 5.74) is 3.26. The molecule has 5 rings (SSSR count). The Morgan fingerprint density at radius 3 is 2.84 bits per heavy atom. The maximum atomic E-state index is 13.9. The lowest BCUT2D eigenvalue weighted by Gasteiger charge is -2.40. The summed E-state index contributed by atoms with van der Waals surface area (Å²) in [5.74, 6) is -0.318. The van der Waals surface area contributed by atoms with Crippen LogP contribution in [-0.2, 0) is 21.4 Å². The highest BCUT2D eigenvalue weighted by molar-refractivity contribution is 7.89. The van der Waals surface area contributed by atoms with Crippen LogP contribution in [0.5, 0.6) is 0 Å². The number of sulfonamides is 1. The third-order valence-electron chi connectivity index (χ3n) is 6.39. The zero-order chi connectivity index (χ0) is 22.3. The van der Waals surface area contributed by atoms with Gasteiger partial charge in [0.15, 0.2) is 0 Å². The minimum atomic E-state index is -3.88. The van der Waals surface area contributed by atoms with E-state index in [9.17, 15) is 13.2 Å². The van der Waals surface area contributed by atoms with E-state index < -0.39 is 16.1 Å². The van der Waals surface area contributed by atoms with Crippen molar-refractivity contribution in [3.63, 3.8) is 0 Å². The minimum absolute atomic E-state index is 0.158. The summed E-state index contributed by atoms with van der Waals surface area (Å²) in [7, 11) is -3.88. The van der Waals surface area contributed by atoms with Gasteiger partial charge in [-0.1, -0.05) is 12.1 Å². The van der Waals surface area contributed by atoms with Crippen LogP contribution in [0.3, 0.4) is 0 Å². The van der Waals surface area contributed by atoms with Crippen molar-refractivity contribution in [1.29, 1.82) is 0 Å². The van der Waals surface area contributed by atoms with E-state index in [1.165, 1.54) is 15.6 Å². The average Bonchev–Trinajstić information content (AvgIpc) is 3.27. The van der Waals surface area contributed by atoms with Crippen LogP contribution in [-0.4, -0.2) is 52.1 Å². The number of aromatic nitrogens is 2. The highest BCUT2D eigenvalue weighted by Gasteiger charge is 2.49. The number of fused-ring (bicyclic) bond motifs is 3. The predicted molar refractivity (Wildman–Crippen MR) is 123 cm³/mol. The number of thiazole rings is 1. The molecule has 1 aromatic carbocycles. The molecule has 2 aromatic heterocycles. The highest BCUT2D eigenvalue weighted by atomic mass is 32.2. The molecule has 2 fully saturated rings. The van der Waals surface area contributed by atoms with Gasteiger partial charge in [0.2, 0.25) is 15.9 Å². The van der Waals surface area contributed by atoms with Crippen LogP contribution in [0.25, 0.3) is 10.2 Å². The molecule has 1 amide bonds. The molecule has 2 aliphatic heterocycles. The third kappa shape index (κ3) is 3.64. The highest BCUT2D eigenvalue weighted by Crippen LogP contribution is 2.38. The van der Waals surface area contributed by atoms with Gasteiger partial charge < -0.3 is 4.90 Å². The first-order valence-electron chi connectivity index (χ1n) is 10.7. The molecule has 4 heterocycles. The predicted octanol–water partition coefficient (Wildman–Crippen LogP) is 3.45. The number of benzene rings is 1. The summed E-state index contributed by atoms with van der Waals surface area (Å²) in [5, 5.41) is 0. The smallest absolute Gasteiger partial charge is 0.244 e. The van der Waals surface area contributed by atoms with Gasteiger partial charge in [-0.2, -0.15) is 4.31 Å². The second-order valence-electron chi connectivity index (χ2n) is 8.27. The summed E-state index contributed by atoms with van der Waals surface area (Å²) < 4.78 is 30.1. The van der Waals surface area contributed by atoms with Crippen LogP contribution >= 0.6 is 11.3 Å². The van der Waals surface area contributed by atoms with E-state index in [-0.39, 0.29) is 22.8 Å². The van der Waals surface area contributed by atoms with Gasteiger partial charge in [0, 0.05) is 24.7 Å². The summed E-state index contributed by atoms with van der Waals surface area (Å²) in [4.78, 5) is 24.2. The van der Waals surface area contributed by atoms with Crippen LogP contribution in [0.4, 0.5) is 0 Å². The topological polar surface area (TPSA) is 83.5 Å². The Morgan fingerprint density at radius 1 is 1.19 bits per heavy atom. The number of hydrogen-bond donors (Lipinski definition) is 0. The molecular weight excluding hydrogens is 444 g/mol. The molecule has 166 valence electrons. The Labute approximate surface area is 191 Å². The number of hydrogen-bond acceptors (Lipinski definition) is 6. The maximum absolute atomic E-state index is 13.9. The molecule has 1 unspecified atom stereocenters. The largest absolute Gasteiger partial charge is 0.335 e. The molecule has 2 saturated heterocycles. The third-order valence-corrected chi connectivity index (χ3v) is 9.12. The lowest BCUT2D eigenvalue weighted by molar-refractivity contribution is -0.135. The Bertz CT molecular complexity index is 1260. The Morgan fingerprint density at radius 2 is 2.06 bits per heavy atom. The average molecular weight is 469 g/mol. The SMILES string of the molecule is C=C[C@H]1CN(Cc2ccccn2)C(=O)C2CCC[C@@H]1N2S(=O)(=O)c1ccc2ncsc2c1. The van der Waals surface area contributed by atoms with Gasteiger partial charge in [-0.25, -0.2) is 13.4 Å². The maximum Gasteiger partial charge on any atom is 0.244 e. The minimum Gasteiger partial charge on any atom is -0.335 e. The molecule has 0 aliphatic carbocycles. The molecule has 0 saturated carbocycles. The number of piperidine rings is 1. The first-order valence-corrected chi connectivity index (χ1v) is 13.0. The second kappa shape index (κ2) is 8.38. The number of pyridine rings is 1. The van der Waals surface area contributed by atoms with Crippen LogP contribution in [0.2, 0.25) is 0 Å². The monoisotopic (exact) mass is 468 g/mol. The molecule has 3 aromatic rings. The molecule has 2 aliphatic rings. The van der Waals surface area contributed by atoms with E-state index in [0.717, 1.165) is 22.3 Å². The number of rotatable bonds is 5. The molecular formula is C23H24N4O3S2. The molecule has 32 heavy (non-hydrogen) atoms. The summed E-state index contributed by atoms with van der Waals surface area (Å²) in [6.07, 6.45) is 5.53. The van der Waals surface area contributed by atoms with Crippen molar-refractivity contribution in [3.05, 3.63) is 66.5 Å². The van der Waals surface area contributed by atoms with E-state index in [2.05, 4.69) is 16.5 Å². The zero-order valence-corrected chi connectivity index (χ0v) is 19.1. The fraction of sp³-hybridized carbons (Fsp3) is 0.348. The van der Waals surface area contributed by atoms with E-state index in [4.69, 9.17) is 0 Å². The van der Waals surface area contributed by atoms with E-state index >= 15 is 0 Å². The number of nitrogens with zero attached hydrogens (tertiary/aromatic N) is 4. The van der Waals surface area contributed by atoms with Crippen molar-refractivity contribution < 1.29 is 13.2 Å². The zero-order valence-electron chi connectivity index (χ0n) is 17.5. The number of carbonyl (C=O) groups excluding carboxylic acids is 1. The second-order valence-corrected chi connectivity index (χ2v) is 11.0. The number of carbonyl (C=O) groups is 1. The molecule has 0 radical (unpaired) electrons. The normalized spacial score (nSPS) is 24.4. The fourth-order valence-electron chi connectivity index (χ4n) is 4.84. The van der Waals surface area contributed by atoms with Gasteiger partial charge in [0.05, 0.1) is 32.9 Å². The van der Waals surface area contributed by atoms with Crippen LogP contribution in [0, 0.1) is 5.92 Å². The molecule has 9 heteroatoms. The molecule has 0 spiro atoms. The Kier molecular flexibility index (Phi) is 5.56. The molecule has 2 bridgehead atoms. The molecule has 0 N–H and O–H groups in total. The van der Waals surface area contributed by atoms with Crippen molar-refractivity contribution in [3.8, 4) is 0 Å². The standard InChI is InChI=1S/C23H24N4O3S2/c1-2-16-13-26(14-17-6-3-4-11-24-17)23(28)21-8-5-7-20(16)27(21)32(29,30)18-9-10-19-22(12-18)31-15-25-19/h2-4,6,9-12,15-16,20-21H,1,5,7-8,13-14H2/t16-,20-,21?/m0/s1. The van der Waals surface area contributed by atoms with Crippen molar-refractivity contribution in [2.75, 3.05) is 6.54 Å². The van der Waals surface area contributed by atoms with Crippen molar-refractivity contribution in [1.82, 2.24) is 19.2 Å². The van der Waals surface area contributed by atoms with Crippen molar-refractivity contribution in [2.24, 2.45) is 5.92 Å². The van der Waals surface area contributed by atoms with Gasteiger partial charge in [0.25, 0.3) is 0 Å². The van der Waals surface area contributed by atoms with E-state index in [1.807, 2.05) is 18.2 Å². The summed E-state index contributed by atoms with van der Waals surface area (Å²) >= 11 is 1.40. The van der Waals surface area contributed by atoms with Crippen molar-refractivity contribution in [2.45, 2.75) is 42.8 Å². The van der Waals surface area contributed by atoms with Gasteiger partial charge >= 0.3 is 0 Å². The van der Waals surface area contributed by atoms with Crippen LogP contribution in [0.15, 0.2) is 65.7 Å². The fourth-order valence-corrected chi connectivity index (χ4v) is 7.53. The lowest BCUT2D eigenvalue weighted by atomic mass is 9.90. The molecule has 3 atom stereocenters. The van der Waals surface area contributed by atoms with Gasteiger partial charge in [-0.15, -0.1) is 17.9 Å². The Balaban J connectivity index is 1.55. The van der Waals surface area contributed by atoms with Gasteiger partial charge in [-0.05, 0) is 49.6 Å². The van der Waals surface area contributed by atoms with Crippen LogP contribution < -0.4 is 0 Å². The lowest BCUT2D eigenvalue weighted by Crippen LogP contribution is -2.54. The quantitative estimate of drug-likeness (QED) is 0.536. The van der Waals surface area contributed by atoms with Gasteiger partial charge in [0.1, 0.15) is 6.04 Å². The summed E-state index contributed by atoms with van der Waals surface area (Å²) in [6.45, 7) is 4.77. The van der Waals surface area contributed by atoms with E-state index in [0.29, 0.717) is 25.9 Å². The Hall–Kier alpha value is -2.62. The van der Waals surface area contributed by atoms with Gasteiger partial charge in [-0.3, -0.25) is 9.78 Å². The summed E-state index contributed by atoms with van der Waals surface area (Å²) in [6, 6.07) is 9.58. The van der Waals surface area contributed by atoms with Crippen molar-refractivity contribution >= 4 is 37.5 Å². The van der Waals surface area contributed by atoms with Crippen LogP contribution in [0.1, 0.15) is 25.0 Å². The molecule has 7 nitrogen and oxygen atoms in total. The van der Waals surface area contributed by atoms with E-state index in [1.54, 1.807) is 40.9 Å². The number of amides is 1. The first-order chi connectivity index (χ1) is 15.5. The first kappa shape index (κ1) is 21.2.